The van der Waals surface area contributed by atoms with Gasteiger partial charge in [-0.3, -0.25) is 0 Å². The lowest BCUT2D eigenvalue weighted by Crippen LogP contribution is -2.09. The first-order valence-electron chi connectivity index (χ1n) is 18.7. The lowest BCUT2D eigenvalue weighted by Gasteiger charge is -2.26. The zero-order chi connectivity index (χ0) is 37.3. The second-order valence-corrected chi connectivity index (χ2v) is 13.7. The minimum Gasteiger partial charge on any atom is -0.456 e. The quantitative estimate of drug-likeness (QED) is 0.157. The summed E-state index contributed by atoms with van der Waals surface area (Å²) in [5.41, 5.74) is 12.2. The first-order valence-corrected chi connectivity index (χ1v) is 18.7. The lowest BCUT2D eigenvalue weighted by molar-refractivity contribution is 0.669. The average Bonchev–Trinajstić information content (AvgIpc) is 3.65. The molecular formula is C51H34N4O. The van der Waals surface area contributed by atoms with Crippen molar-refractivity contribution in [2.75, 3.05) is 4.90 Å². The number of benzene rings is 8. The van der Waals surface area contributed by atoms with Crippen LogP contribution in [0.1, 0.15) is 0 Å². The van der Waals surface area contributed by atoms with Crippen LogP contribution < -0.4 is 4.90 Å². The highest BCUT2D eigenvalue weighted by atomic mass is 16.3. The Hall–Kier alpha value is -7.63. The minimum absolute atomic E-state index is 0.595. The van der Waals surface area contributed by atoms with Crippen molar-refractivity contribution in [3.63, 3.8) is 0 Å². The topological polar surface area (TPSA) is 55.1 Å². The van der Waals surface area contributed by atoms with Gasteiger partial charge >= 0.3 is 0 Å². The summed E-state index contributed by atoms with van der Waals surface area (Å²) in [6, 6.07) is 71.2. The molecule has 0 fully saturated rings. The summed E-state index contributed by atoms with van der Waals surface area (Å²) >= 11 is 0. The Morgan fingerprint density at radius 3 is 1.27 bits per heavy atom. The number of fused-ring (bicyclic) bond motifs is 3. The second kappa shape index (κ2) is 14.3. The van der Waals surface area contributed by atoms with Crippen LogP contribution in [0, 0.1) is 0 Å². The van der Waals surface area contributed by atoms with Gasteiger partial charge in [-0.1, -0.05) is 146 Å². The molecule has 0 aliphatic heterocycles. The van der Waals surface area contributed by atoms with Crippen LogP contribution in [0.25, 0.3) is 78.4 Å². The molecule has 0 atom stereocenters. The van der Waals surface area contributed by atoms with E-state index in [0.717, 1.165) is 66.8 Å². The first kappa shape index (κ1) is 33.0. The number of nitrogens with zero attached hydrogens (tertiary/aromatic N) is 4. The molecule has 10 rings (SSSR count). The summed E-state index contributed by atoms with van der Waals surface area (Å²) in [6.07, 6.45) is 0. The maximum Gasteiger partial charge on any atom is 0.164 e. The molecule has 0 amide bonds. The van der Waals surface area contributed by atoms with Crippen LogP contribution in [-0.2, 0) is 0 Å². The van der Waals surface area contributed by atoms with E-state index in [4.69, 9.17) is 19.4 Å². The predicted octanol–water partition coefficient (Wildman–Crippen LogP) is 13.6. The van der Waals surface area contributed by atoms with Gasteiger partial charge in [-0.05, 0) is 82.9 Å². The molecule has 5 heteroatoms. The lowest BCUT2D eigenvalue weighted by atomic mass is 10.0. The van der Waals surface area contributed by atoms with Crippen LogP contribution in [-0.4, -0.2) is 15.0 Å². The van der Waals surface area contributed by atoms with Crippen molar-refractivity contribution >= 4 is 39.0 Å². The monoisotopic (exact) mass is 718 g/mol. The van der Waals surface area contributed by atoms with Gasteiger partial charge in [0.1, 0.15) is 11.2 Å². The van der Waals surface area contributed by atoms with Crippen molar-refractivity contribution in [1.29, 1.82) is 0 Å². The van der Waals surface area contributed by atoms with Crippen molar-refractivity contribution in [1.82, 2.24) is 15.0 Å². The summed E-state index contributed by atoms with van der Waals surface area (Å²) in [6.45, 7) is 0. The number of furan rings is 1. The van der Waals surface area contributed by atoms with Crippen LogP contribution >= 0.6 is 0 Å². The molecule has 0 aliphatic carbocycles. The fraction of sp³-hybridized carbons (Fsp3) is 0. The van der Waals surface area contributed by atoms with Gasteiger partial charge in [0.15, 0.2) is 17.5 Å². The van der Waals surface area contributed by atoms with E-state index < -0.39 is 0 Å². The molecule has 0 spiro atoms. The van der Waals surface area contributed by atoms with Crippen LogP contribution in [0.2, 0.25) is 0 Å². The smallest absolute Gasteiger partial charge is 0.164 e. The van der Waals surface area contributed by atoms with E-state index in [1.54, 1.807) is 0 Å². The summed E-state index contributed by atoms with van der Waals surface area (Å²) in [7, 11) is 0. The van der Waals surface area contributed by atoms with E-state index in [1.807, 2.05) is 66.7 Å². The Bertz CT molecular complexity index is 2890. The molecule has 0 saturated carbocycles. The molecule has 0 saturated heterocycles. The molecule has 2 aromatic heterocycles. The number of rotatable bonds is 8. The van der Waals surface area contributed by atoms with Crippen molar-refractivity contribution < 1.29 is 4.42 Å². The standard InChI is InChI=1S/C51H34N4O/c1-5-14-35(15-6-1)39-20-13-23-44(32-39)55(42-21-11-4-12-22-42)43-28-24-36(25-29-43)40-26-30-45-46-31-27-41(34-48(46)56-47(45)33-40)51-53-49(37-16-7-2-8-17-37)52-50(54-51)38-18-9-3-10-19-38/h1-34H. The van der Waals surface area contributed by atoms with Crippen molar-refractivity contribution in [3.05, 3.63) is 206 Å². The van der Waals surface area contributed by atoms with Crippen LogP contribution in [0.15, 0.2) is 211 Å². The Balaban J connectivity index is 0.989. The maximum absolute atomic E-state index is 6.55. The predicted molar refractivity (Wildman–Crippen MR) is 229 cm³/mol. The van der Waals surface area contributed by atoms with E-state index in [9.17, 15) is 0 Å². The molecule has 2 heterocycles. The third-order valence-electron chi connectivity index (χ3n) is 10.1. The number of hydrogen-bond donors (Lipinski definition) is 0. The molecule has 10 aromatic rings. The molecule has 5 nitrogen and oxygen atoms in total. The van der Waals surface area contributed by atoms with Gasteiger partial charge in [0, 0.05) is 44.5 Å². The highest BCUT2D eigenvalue weighted by Crippen LogP contribution is 2.39. The number of para-hydroxylation sites is 1. The molecule has 0 unspecified atom stereocenters. The Morgan fingerprint density at radius 1 is 0.286 bits per heavy atom. The van der Waals surface area contributed by atoms with Crippen molar-refractivity contribution in [2.45, 2.75) is 0 Å². The maximum atomic E-state index is 6.55. The average molecular weight is 719 g/mol. The van der Waals surface area contributed by atoms with E-state index in [-0.39, 0.29) is 0 Å². The number of anilines is 3. The summed E-state index contributed by atoms with van der Waals surface area (Å²) in [4.78, 5) is 17.0. The van der Waals surface area contributed by atoms with Crippen LogP contribution in [0.5, 0.6) is 0 Å². The van der Waals surface area contributed by atoms with Crippen molar-refractivity contribution in [2.24, 2.45) is 0 Å². The Labute approximate surface area is 324 Å². The fourth-order valence-electron chi connectivity index (χ4n) is 7.32. The van der Waals surface area contributed by atoms with E-state index in [2.05, 4.69) is 144 Å². The second-order valence-electron chi connectivity index (χ2n) is 13.7. The molecule has 0 radical (unpaired) electrons. The van der Waals surface area contributed by atoms with Crippen LogP contribution in [0.3, 0.4) is 0 Å². The molecule has 0 N–H and O–H groups in total. The number of aromatic nitrogens is 3. The van der Waals surface area contributed by atoms with Gasteiger partial charge < -0.3 is 9.32 Å². The van der Waals surface area contributed by atoms with Crippen LogP contribution in [0.4, 0.5) is 17.1 Å². The molecular weight excluding hydrogens is 685 g/mol. The normalized spacial score (nSPS) is 11.2. The summed E-state index contributed by atoms with van der Waals surface area (Å²) < 4.78 is 6.55. The summed E-state index contributed by atoms with van der Waals surface area (Å²) in [5, 5.41) is 2.11. The zero-order valence-corrected chi connectivity index (χ0v) is 30.3. The third-order valence-corrected chi connectivity index (χ3v) is 10.1. The van der Waals surface area contributed by atoms with Gasteiger partial charge in [-0.2, -0.15) is 0 Å². The first-order chi connectivity index (χ1) is 27.7. The fourth-order valence-corrected chi connectivity index (χ4v) is 7.32. The highest BCUT2D eigenvalue weighted by molar-refractivity contribution is 6.06. The van der Waals surface area contributed by atoms with Gasteiger partial charge in [-0.25, -0.2) is 15.0 Å². The SMILES string of the molecule is c1ccc(-c2cccc(N(c3ccccc3)c3ccc(-c4ccc5c(c4)oc4cc(-c6nc(-c7ccccc7)nc(-c7ccccc7)n6)ccc45)cc3)c2)cc1. The zero-order valence-electron chi connectivity index (χ0n) is 30.3. The third kappa shape index (κ3) is 6.37. The van der Waals surface area contributed by atoms with E-state index in [1.165, 1.54) is 11.1 Å². The van der Waals surface area contributed by atoms with E-state index >= 15 is 0 Å². The number of hydrogen-bond acceptors (Lipinski definition) is 5. The van der Waals surface area contributed by atoms with E-state index in [0.29, 0.717) is 17.5 Å². The highest BCUT2D eigenvalue weighted by Gasteiger charge is 2.17. The molecule has 56 heavy (non-hydrogen) atoms. The molecule has 0 aliphatic rings. The van der Waals surface area contributed by atoms with Gasteiger partial charge in [0.25, 0.3) is 0 Å². The van der Waals surface area contributed by atoms with Gasteiger partial charge in [0.2, 0.25) is 0 Å². The Kier molecular flexibility index (Phi) is 8.43. The van der Waals surface area contributed by atoms with Gasteiger partial charge in [0.05, 0.1) is 0 Å². The molecule has 264 valence electrons. The molecule has 8 aromatic carbocycles. The Morgan fingerprint density at radius 2 is 0.679 bits per heavy atom. The molecule has 0 bridgehead atoms. The van der Waals surface area contributed by atoms with Gasteiger partial charge in [-0.15, -0.1) is 0 Å². The van der Waals surface area contributed by atoms with Crippen molar-refractivity contribution in [3.8, 4) is 56.4 Å². The largest absolute Gasteiger partial charge is 0.456 e. The summed E-state index contributed by atoms with van der Waals surface area (Å²) in [5.74, 6) is 1.85. The minimum atomic E-state index is 0.595.